The van der Waals surface area contributed by atoms with Gasteiger partial charge in [0.25, 0.3) is 0 Å². The number of hydrogen-bond acceptors (Lipinski definition) is 11. The van der Waals surface area contributed by atoms with Gasteiger partial charge in [0.15, 0.2) is 11.5 Å². The molecule has 11 heteroatoms. The van der Waals surface area contributed by atoms with Crippen LogP contribution < -0.4 is 15.2 Å². The van der Waals surface area contributed by atoms with E-state index in [1.54, 1.807) is 26.8 Å². The Labute approximate surface area is 249 Å². The molecular formula is C31H49NO10. The fourth-order valence-electron chi connectivity index (χ4n) is 3.75. The minimum atomic E-state index is -1.07. The topological polar surface area (TPSA) is 150 Å². The summed E-state index contributed by atoms with van der Waals surface area (Å²) in [5.41, 5.74) is 6.62. The van der Waals surface area contributed by atoms with Crippen LogP contribution in [0, 0.1) is 5.92 Å². The maximum absolute atomic E-state index is 12.7. The lowest BCUT2D eigenvalue weighted by Crippen LogP contribution is -2.40. The van der Waals surface area contributed by atoms with E-state index >= 15 is 0 Å². The maximum Gasteiger partial charge on any atom is 0.513 e. The van der Waals surface area contributed by atoms with E-state index in [0.29, 0.717) is 24.8 Å². The van der Waals surface area contributed by atoms with Crippen LogP contribution in [0.4, 0.5) is 9.59 Å². The largest absolute Gasteiger partial charge is 0.513 e. The first-order valence-electron chi connectivity index (χ1n) is 15.0. The summed E-state index contributed by atoms with van der Waals surface area (Å²) in [5, 5.41) is 0. The van der Waals surface area contributed by atoms with E-state index in [1.165, 1.54) is 12.1 Å². The van der Waals surface area contributed by atoms with Crippen LogP contribution in [0.15, 0.2) is 18.2 Å². The molecule has 0 heterocycles. The molecule has 0 saturated carbocycles. The van der Waals surface area contributed by atoms with E-state index in [1.807, 2.05) is 20.8 Å². The molecule has 4 atom stereocenters. The van der Waals surface area contributed by atoms with E-state index in [0.717, 1.165) is 32.1 Å². The highest BCUT2D eigenvalue weighted by atomic mass is 16.7. The second-order valence-electron chi connectivity index (χ2n) is 10.4. The Hall–Kier alpha value is -3.34. The standard InChI is InChI=1S/C31H49NO10/c1-7-10-12-17-37-30(35)41-26-16-15-24(20-27(26)42-31(36)38-18-13-11-8-2)19-25(32)29(34)40-23(6)22(5)39-28(33)21(4)14-9-3/h15-16,20-23,25H,7-14,17-19,32H2,1-6H3/t21?,22-,23-,25-/m0/s1. The molecule has 0 fully saturated rings. The average Bonchev–Trinajstić information content (AvgIpc) is 2.94. The Bertz CT molecular complexity index is 982. The first-order valence-corrected chi connectivity index (χ1v) is 15.0. The monoisotopic (exact) mass is 595 g/mol. The summed E-state index contributed by atoms with van der Waals surface area (Å²) in [5.74, 6) is -1.43. The Balaban J connectivity index is 2.88. The molecule has 238 valence electrons. The zero-order valence-electron chi connectivity index (χ0n) is 26.0. The first kappa shape index (κ1) is 36.7. The normalized spacial score (nSPS) is 13.7. The van der Waals surface area contributed by atoms with Crippen molar-refractivity contribution in [3.05, 3.63) is 23.8 Å². The Morgan fingerprint density at radius 2 is 1.24 bits per heavy atom. The van der Waals surface area contributed by atoms with Gasteiger partial charge in [0.05, 0.1) is 19.1 Å². The SMILES string of the molecule is CCCCCOC(=O)Oc1ccc(C[C@H](N)C(=O)O[C@@H](C)[C@H](C)OC(=O)C(C)CCC)cc1OC(=O)OCCCCC. The van der Waals surface area contributed by atoms with E-state index < -0.39 is 36.5 Å². The number of esters is 2. The van der Waals surface area contributed by atoms with Crippen LogP contribution in [-0.4, -0.2) is 55.7 Å². The molecule has 0 aromatic heterocycles. The van der Waals surface area contributed by atoms with E-state index in [-0.39, 0.29) is 43.0 Å². The molecule has 0 amide bonds. The molecule has 1 aromatic carbocycles. The number of nitrogens with two attached hydrogens (primary N) is 1. The van der Waals surface area contributed by atoms with Gasteiger partial charge in [-0.05, 0) is 57.2 Å². The van der Waals surface area contributed by atoms with Crippen molar-refractivity contribution in [3.63, 3.8) is 0 Å². The minimum absolute atomic E-state index is 0.0247. The summed E-state index contributed by atoms with van der Waals surface area (Å²) in [7, 11) is 0. The second-order valence-corrected chi connectivity index (χ2v) is 10.4. The molecule has 11 nitrogen and oxygen atoms in total. The third-order valence-corrected chi connectivity index (χ3v) is 6.48. The van der Waals surface area contributed by atoms with Crippen LogP contribution in [0.2, 0.25) is 0 Å². The second kappa shape index (κ2) is 20.5. The smallest absolute Gasteiger partial charge is 0.459 e. The molecule has 2 N–H and O–H groups in total. The van der Waals surface area contributed by atoms with Crippen LogP contribution in [0.3, 0.4) is 0 Å². The summed E-state index contributed by atoms with van der Waals surface area (Å²) in [6.07, 6.45) is 3.43. The summed E-state index contributed by atoms with van der Waals surface area (Å²) < 4.78 is 31.7. The van der Waals surface area contributed by atoms with Gasteiger partial charge in [-0.15, -0.1) is 0 Å². The lowest BCUT2D eigenvalue weighted by Gasteiger charge is -2.23. The van der Waals surface area contributed by atoms with Crippen molar-refractivity contribution in [2.45, 2.75) is 118 Å². The van der Waals surface area contributed by atoms with Gasteiger partial charge in [0, 0.05) is 0 Å². The predicted molar refractivity (Wildman–Crippen MR) is 156 cm³/mol. The van der Waals surface area contributed by atoms with Gasteiger partial charge >= 0.3 is 24.2 Å². The molecule has 1 unspecified atom stereocenters. The zero-order valence-corrected chi connectivity index (χ0v) is 26.0. The van der Waals surface area contributed by atoms with Crippen LogP contribution in [-0.2, 0) is 35.0 Å². The molecule has 0 saturated heterocycles. The summed E-state index contributed by atoms with van der Waals surface area (Å²) >= 11 is 0. The van der Waals surface area contributed by atoms with E-state index in [4.69, 9.17) is 34.2 Å². The highest BCUT2D eigenvalue weighted by Gasteiger charge is 2.26. The molecule has 42 heavy (non-hydrogen) atoms. The zero-order chi connectivity index (χ0) is 31.5. The van der Waals surface area contributed by atoms with E-state index in [9.17, 15) is 19.2 Å². The van der Waals surface area contributed by atoms with Gasteiger partial charge in [-0.1, -0.05) is 65.9 Å². The lowest BCUT2D eigenvalue weighted by atomic mass is 10.1. The number of unbranched alkanes of at least 4 members (excludes halogenated alkanes) is 4. The Morgan fingerprint density at radius 3 is 1.76 bits per heavy atom. The summed E-state index contributed by atoms with van der Waals surface area (Å²) in [6.45, 7) is 11.5. The number of hydrogen-bond donors (Lipinski definition) is 1. The molecule has 0 radical (unpaired) electrons. The van der Waals surface area contributed by atoms with Crippen LogP contribution in [0.5, 0.6) is 11.5 Å². The molecule has 0 bridgehead atoms. The molecule has 1 aromatic rings. The maximum atomic E-state index is 12.7. The average molecular weight is 596 g/mol. The molecular weight excluding hydrogens is 546 g/mol. The quantitative estimate of drug-likeness (QED) is 0.0834. The van der Waals surface area contributed by atoms with Crippen molar-refractivity contribution in [2.24, 2.45) is 11.7 Å². The summed E-state index contributed by atoms with van der Waals surface area (Å²) in [4.78, 5) is 49.4. The predicted octanol–water partition coefficient (Wildman–Crippen LogP) is 6.27. The Kier molecular flexibility index (Phi) is 17.9. The number of benzene rings is 1. The fourth-order valence-corrected chi connectivity index (χ4v) is 3.75. The fraction of sp³-hybridized carbons (Fsp3) is 0.677. The highest BCUT2D eigenvalue weighted by Crippen LogP contribution is 2.30. The molecule has 0 aliphatic heterocycles. The van der Waals surface area contributed by atoms with Gasteiger partial charge in [0.2, 0.25) is 0 Å². The van der Waals surface area contributed by atoms with Gasteiger partial charge in [-0.25, -0.2) is 9.59 Å². The Morgan fingerprint density at radius 1 is 0.714 bits per heavy atom. The van der Waals surface area contributed by atoms with Gasteiger partial charge in [-0.3, -0.25) is 9.59 Å². The molecule has 0 spiro atoms. The van der Waals surface area contributed by atoms with Crippen LogP contribution in [0.25, 0.3) is 0 Å². The van der Waals surface area contributed by atoms with Gasteiger partial charge in [0.1, 0.15) is 18.2 Å². The van der Waals surface area contributed by atoms with Crippen molar-refractivity contribution in [3.8, 4) is 11.5 Å². The van der Waals surface area contributed by atoms with Crippen molar-refractivity contribution in [1.82, 2.24) is 0 Å². The lowest BCUT2D eigenvalue weighted by molar-refractivity contribution is -0.168. The molecule has 0 aliphatic carbocycles. The van der Waals surface area contributed by atoms with E-state index in [2.05, 4.69) is 0 Å². The van der Waals surface area contributed by atoms with Crippen molar-refractivity contribution < 1.29 is 47.6 Å². The van der Waals surface area contributed by atoms with Crippen molar-refractivity contribution in [2.75, 3.05) is 13.2 Å². The third kappa shape index (κ3) is 14.5. The number of rotatable bonds is 19. The van der Waals surface area contributed by atoms with Crippen molar-refractivity contribution in [1.29, 1.82) is 0 Å². The number of ether oxygens (including phenoxy) is 6. The van der Waals surface area contributed by atoms with Crippen LogP contribution >= 0.6 is 0 Å². The van der Waals surface area contributed by atoms with Gasteiger partial charge in [-0.2, -0.15) is 0 Å². The van der Waals surface area contributed by atoms with Gasteiger partial charge < -0.3 is 34.2 Å². The highest BCUT2D eigenvalue weighted by molar-refractivity contribution is 5.76. The van der Waals surface area contributed by atoms with Crippen molar-refractivity contribution >= 4 is 24.2 Å². The third-order valence-electron chi connectivity index (χ3n) is 6.48. The number of carbonyl (C=O) groups excluding carboxylic acids is 4. The molecule has 1 rings (SSSR count). The number of carbonyl (C=O) groups is 4. The first-order chi connectivity index (χ1) is 20.0. The molecule has 0 aliphatic rings. The van der Waals surface area contributed by atoms with Crippen LogP contribution in [0.1, 0.15) is 98.5 Å². The summed E-state index contributed by atoms with van der Waals surface area (Å²) in [6, 6.07) is 3.36. The minimum Gasteiger partial charge on any atom is -0.459 e.